The molecule has 0 aliphatic heterocycles. The van der Waals surface area contributed by atoms with Gasteiger partial charge in [-0.2, -0.15) is 0 Å². The topological polar surface area (TPSA) is 26.0 Å². The van der Waals surface area contributed by atoms with Crippen LogP contribution < -0.4 is 5.73 Å². The Morgan fingerprint density at radius 1 is 1.19 bits per heavy atom. The highest BCUT2D eigenvalue weighted by Gasteiger charge is 2.11. The maximum absolute atomic E-state index is 5.57. The predicted molar refractivity (Wildman–Crippen MR) is 69.8 cm³/mol. The van der Waals surface area contributed by atoms with Gasteiger partial charge in [-0.15, -0.1) is 0 Å². The fourth-order valence-electron chi connectivity index (χ4n) is 2.65. The molecule has 1 aromatic carbocycles. The molecule has 0 fully saturated rings. The van der Waals surface area contributed by atoms with Gasteiger partial charge in [0.15, 0.2) is 0 Å². The smallest absolute Gasteiger partial charge is 0.00771 e. The van der Waals surface area contributed by atoms with Gasteiger partial charge in [0, 0.05) is 0 Å². The molecule has 0 amide bonds. The fraction of sp³-hybridized carbons (Fsp3) is 0.600. The highest BCUT2D eigenvalue weighted by Crippen LogP contribution is 2.27. The zero-order valence-corrected chi connectivity index (χ0v) is 10.3. The minimum atomic E-state index is 0.663. The van der Waals surface area contributed by atoms with Crippen LogP contribution in [0.1, 0.15) is 55.2 Å². The van der Waals surface area contributed by atoms with Crippen LogP contribution >= 0.6 is 0 Å². The maximum atomic E-state index is 5.57. The van der Waals surface area contributed by atoms with E-state index in [0.717, 1.165) is 13.0 Å². The van der Waals surface area contributed by atoms with Gasteiger partial charge in [0.2, 0.25) is 0 Å². The molecule has 0 saturated carbocycles. The molecule has 2 N–H and O–H groups in total. The van der Waals surface area contributed by atoms with Crippen LogP contribution in [0.25, 0.3) is 0 Å². The highest BCUT2D eigenvalue weighted by atomic mass is 14.5. The summed E-state index contributed by atoms with van der Waals surface area (Å²) in [5.41, 5.74) is 10.3. The second kappa shape index (κ2) is 5.49. The lowest BCUT2D eigenvalue weighted by molar-refractivity contribution is 0.635. The molecule has 0 aromatic heterocycles. The fourth-order valence-corrected chi connectivity index (χ4v) is 2.65. The van der Waals surface area contributed by atoms with Gasteiger partial charge in [-0.3, -0.25) is 0 Å². The van der Waals surface area contributed by atoms with E-state index < -0.39 is 0 Å². The summed E-state index contributed by atoms with van der Waals surface area (Å²) in [6.07, 6.45) is 7.66. The van der Waals surface area contributed by atoms with Gasteiger partial charge >= 0.3 is 0 Å². The van der Waals surface area contributed by atoms with Crippen molar-refractivity contribution in [2.75, 3.05) is 6.54 Å². The molecule has 0 heterocycles. The van der Waals surface area contributed by atoms with Gasteiger partial charge in [0.1, 0.15) is 0 Å². The minimum absolute atomic E-state index is 0.663. The third-order valence-electron chi connectivity index (χ3n) is 3.78. The Labute approximate surface area is 99.0 Å². The van der Waals surface area contributed by atoms with Crippen LogP contribution in [-0.2, 0) is 12.8 Å². The third-order valence-corrected chi connectivity index (χ3v) is 3.78. The van der Waals surface area contributed by atoms with Crippen LogP contribution in [0.5, 0.6) is 0 Å². The number of rotatable bonds is 4. The third kappa shape index (κ3) is 2.65. The molecular formula is C15H23N. The Balaban J connectivity index is 2.10. The maximum Gasteiger partial charge on any atom is -0.00771 e. The largest absolute Gasteiger partial charge is 0.330 e. The van der Waals surface area contributed by atoms with E-state index in [1.807, 2.05) is 0 Å². The van der Waals surface area contributed by atoms with Gasteiger partial charge in [0.25, 0.3) is 0 Å². The lowest BCUT2D eigenvalue weighted by Gasteiger charge is -2.19. The quantitative estimate of drug-likeness (QED) is 0.821. The second-order valence-electron chi connectivity index (χ2n) is 5.07. The van der Waals surface area contributed by atoms with Crippen molar-refractivity contribution >= 4 is 0 Å². The first-order valence-electron chi connectivity index (χ1n) is 6.63. The molecule has 1 unspecified atom stereocenters. The Morgan fingerprint density at radius 2 is 1.94 bits per heavy atom. The van der Waals surface area contributed by atoms with E-state index in [1.165, 1.54) is 37.7 Å². The van der Waals surface area contributed by atoms with Crippen molar-refractivity contribution in [3.63, 3.8) is 0 Å². The standard InChI is InChI=1S/C15H23N/c1-12(5-4-10-16)14-9-8-13-6-2-3-7-15(13)11-14/h8-9,11-12H,2-7,10,16H2,1H3. The molecule has 2 rings (SSSR count). The average molecular weight is 217 g/mol. The summed E-state index contributed by atoms with van der Waals surface area (Å²) in [5, 5.41) is 0. The summed E-state index contributed by atoms with van der Waals surface area (Å²) in [5.74, 6) is 0.663. The molecule has 16 heavy (non-hydrogen) atoms. The summed E-state index contributed by atoms with van der Waals surface area (Å²) in [6, 6.07) is 7.11. The molecule has 1 nitrogen and oxygen atoms in total. The molecule has 88 valence electrons. The Bertz CT molecular complexity index is 343. The number of fused-ring (bicyclic) bond motifs is 1. The van der Waals surface area contributed by atoms with Gasteiger partial charge in [-0.25, -0.2) is 0 Å². The van der Waals surface area contributed by atoms with Gasteiger partial charge in [-0.1, -0.05) is 25.1 Å². The first-order valence-corrected chi connectivity index (χ1v) is 6.63. The van der Waals surface area contributed by atoms with Crippen LogP contribution in [0, 0.1) is 0 Å². The van der Waals surface area contributed by atoms with E-state index >= 15 is 0 Å². The van der Waals surface area contributed by atoms with Crippen molar-refractivity contribution < 1.29 is 0 Å². The highest BCUT2D eigenvalue weighted by molar-refractivity contribution is 5.35. The van der Waals surface area contributed by atoms with Crippen LogP contribution in [0.3, 0.4) is 0 Å². The lowest BCUT2D eigenvalue weighted by Crippen LogP contribution is -2.05. The van der Waals surface area contributed by atoms with Crippen LogP contribution in [-0.4, -0.2) is 6.54 Å². The first-order chi connectivity index (χ1) is 7.81. The average Bonchev–Trinajstić information content (AvgIpc) is 2.35. The summed E-state index contributed by atoms with van der Waals surface area (Å²) in [6.45, 7) is 3.13. The molecule has 1 aliphatic carbocycles. The normalized spacial score (nSPS) is 16.9. The minimum Gasteiger partial charge on any atom is -0.330 e. The Hall–Kier alpha value is -0.820. The van der Waals surface area contributed by atoms with E-state index in [0.29, 0.717) is 5.92 Å². The summed E-state index contributed by atoms with van der Waals surface area (Å²) < 4.78 is 0. The van der Waals surface area contributed by atoms with Gasteiger partial charge in [0.05, 0.1) is 0 Å². The molecule has 1 aliphatic rings. The molecular weight excluding hydrogens is 194 g/mol. The lowest BCUT2D eigenvalue weighted by atomic mass is 9.87. The second-order valence-corrected chi connectivity index (χ2v) is 5.07. The number of hydrogen-bond acceptors (Lipinski definition) is 1. The van der Waals surface area contributed by atoms with Crippen molar-refractivity contribution in [1.29, 1.82) is 0 Å². The zero-order valence-electron chi connectivity index (χ0n) is 10.3. The first kappa shape index (κ1) is 11.7. The molecule has 1 aromatic rings. The number of benzene rings is 1. The van der Waals surface area contributed by atoms with Gasteiger partial charge in [-0.05, 0) is 67.7 Å². The summed E-state index contributed by atoms with van der Waals surface area (Å²) in [7, 11) is 0. The molecule has 0 radical (unpaired) electrons. The number of nitrogens with two attached hydrogens (primary N) is 1. The van der Waals surface area contributed by atoms with Crippen molar-refractivity contribution in [3.8, 4) is 0 Å². The van der Waals surface area contributed by atoms with Crippen LogP contribution in [0.2, 0.25) is 0 Å². The summed E-state index contributed by atoms with van der Waals surface area (Å²) in [4.78, 5) is 0. The monoisotopic (exact) mass is 217 g/mol. The molecule has 1 heteroatoms. The number of hydrogen-bond donors (Lipinski definition) is 1. The van der Waals surface area contributed by atoms with Crippen molar-refractivity contribution in [2.24, 2.45) is 5.73 Å². The molecule has 0 spiro atoms. The van der Waals surface area contributed by atoms with E-state index in [-0.39, 0.29) is 0 Å². The van der Waals surface area contributed by atoms with E-state index in [4.69, 9.17) is 5.73 Å². The predicted octanol–water partition coefficient (Wildman–Crippen LogP) is 3.41. The Morgan fingerprint density at radius 3 is 2.69 bits per heavy atom. The van der Waals surface area contributed by atoms with Crippen LogP contribution in [0.4, 0.5) is 0 Å². The van der Waals surface area contributed by atoms with Gasteiger partial charge < -0.3 is 5.73 Å². The van der Waals surface area contributed by atoms with Crippen molar-refractivity contribution in [2.45, 2.75) is 51.4 Å². The Kier molecular flexibility index (Phi) is 4.00. The van der Waals surface area contributed by atoms with E-state index in [1.54, 1.807) is 11.1 Å². The van der Waals surface area contributed by atoms with Crippen molar-refractivity contribution in [3.05, 3.63) is 34.9 Å². The number of aryl methyl sites for hydroxylation is 2. The van der Waals surface area contributed by atoms with E-state index in [9.17, 15) is 0 Å². The molecule has 0 saturated heterocycles. The van der Waals surface area contributed by atoms with Crippen molar-refractivity contribution in [1.82, 2.24) is 0 Å². The zero-order chi connectivity index (χ0) is 11.4. The SMILES string of the molecule is CC(CCCN)c1ccc2c(c1)CCCC2. The van der Waals surface area contributed by atoms with E-state index in [2.05, 4.69) is 25.1 Å². The van der Waals surface area contributed by atoms with Crippen LogP contribution in [0.15, 0.2) is 18.2 Å². The summed E-state index contributed by atoms with van der Waals surface area (Å²) >= 11 is 0. The molecule has 0 bridgehead atoms. The molecule has 1 atom stereocenters.